The van der Waals surface area contributed by atoms with E-state index in [-0.39, 0.29) is 14.8 Å². The molecule has 1 rings (SSSR count). The Morgan fingerprint density at radius 2 is 1.88 bits per heavy atom. The summed E-state index contributed by atoms with van der Waals surface area (Å²) in [6, 6.07) is 9.44. The van der Waals surface area contributed by atoms with Gasteiger partial charge in [0.05, 0.1) is 15.0 Å². The standard InChI is InChI=1S/C12H17O3P/c1-12(2,3)14-11(13)9-16-15-10-7-5-4-6-8-10/h4-8,16H,9H2,1-3H3. The highest BCUT2D eigenvalue weighted by Crippen LogP contribution is 2.20. The van der Waals surface area contributed by atoms with Gasteiger partial charge in [-0.15, -0.1) is 0 Å². The molecule has 0 saturated heterocycles. The molecule has 0 aromatic heterocycles. The molecule has 1 aromatic rings. The third kappa shape index (κ3) is 5.72. The Hall–Kier alpha value is -1.08. The van der Waals surface area contributed by atoms with Gasteiger partial charge in [0.2, 0.25) is 0 Å². The molecule has 0 aliphatic rings. The Bertz CT molecular complexity index is 330. The van der Waals surface area contributed by atoms with Crippen molar-refractivity contribution in [3.05, 3.63) is 30.3 Å². The van der Waals surface area contributed by atoms with E-state index in [9.17, 15) is 4.79 Å². The van der Waals surface area contributed by atoms with Gasteiger partial charge >= 0.3 is 5.97 Å². The zero-order valence-corrected chi connectivity index (χ0v) is 10.8. The minimum Gasteiger partial charge on any atom is -0.477 e. The van der Waals surface area contributed by atoms with Crippen molar-refractivity contribution in [1.29, 1.82) is 0 Å². The van der Waals surface area contributed by atoms with Gasteiger partial charge < -0.3 is 9.26 Å². The molecule has 0 amide bonds. The summed E-state index contributed by atoms with van der Waals surface area (Å²) in [4.78, 5) is 11.4. The Kier molecular flexibility index (Phi) is 4.75. The SMILES string of the molecule is CC(C)(C)OC(=O)CPOc1ccccc1. The Labute approximate surface area is 98.0 Å². The van der Waals surface area contributed by atoms with E-state index in [4.69, 9.17) is 9.26 Å². The minimum absolute atomic E-state index is 0.101. The lowest BCUT2D eigenvalue weighted by molar-refractivity contribution is -0.151. The monoisotopic (exact) mass is 240 g/mol. The number of esters is 1. The second kappa shape index (κ2) is 5.86. The average molecular weight is 240 g/mol. The summed E-state index contributed by atoms with van der Waals surface area (Å²) in [6.07, 6.45) is 0.298. The molecule has 0 heterocycles. The highest BCUT2D eigenvalue weighted by atomic mass is 31.1. The van der Waals surface area contributed by atoms with Crippen LogP contribution in [0.15, 0.2) is 30.3 Å². The first kappa shape index (κ1) is 13.0. The van der Waals surface area contributed by atoms with Crippen molar-refractivity contribution in [2.24, 2.45) is 0 Å². The summed E-state index contributed by atoms with van der Waals surface area (Å²) >= 11 is 0. The first-order valence-electron chi connectivity index (χ1n) is 5.14. The molecule has 88 valence electrons. The molecule has 0 N–H and O–H groups in total. The van der Waals surface area contributed by atoms with Gasteiger partial charge in [0.15, 0.2) is 0 Å². The first-order chi connectivity index (χ1) is 7.47. The molecule has 0 saturated carbocycles. The number of carbonyl (C=O) groups is 1. The van der Waals surface area contributed by atoms with Crippen molar-refractivity contribution < 1.29 is 14.1 Å². The topological polar surface area (TPSA) is 35.5 Å². The van der Waals surface area contributed by atoms with E-state index in [1.165, 1.54) is 0 Å². The molecular formula is C12H17O3P. The van der Waals surface area contributed by atoms with Crippen LogP contribution in [0.25, 0.3) is 0 Å². The van der Waals surface area contributed by atoms with Gasteiger partial charge in [0, 0.05) is 0 Å². The van der Waals surface area contributed by atoms with Crippen LogP contribution < -0.4 is 4.52 Å². The van der Waals surface area contributed by atoms with Crippen molar-refractivity contribution in [3.8, 4) is 5.75 Å². The van der Waals surface area contributed by atoms with Crippen LogP contribution in [-0.2, 0) is 9.53 Å². The van der Waals surface area contributed by atoms with E-state index in [2.05, 4.69) is 0 Å². The maximum absolute atomic E-state index is 11.4. The third-order valence-corrected chi connectivity index (χ3v) is 2.38. The molecule has 1 unspecified atom stereocenters. The van der Waals surface area contributed by atoms with Crippen LogP contribution in [0, 0.1) is 0 Å². The van der Waals surface area contributed by atoms with Crippen LogP contribution in [0.1, 0.15) is 20.8 Å². The number of benzene rings is 1. The molecular weight excluding hydrogens is 223 g/mol. The molecule has 16 heavy (non-hydrogen) atoms. The zero-order valence-electron chi connectivity index (χ0n) is 9.82. The molecule has 1 aromatic carbocycles. The van der Waals surface area contributed by atoms with Crippen molar-refractivity contribution in [1.82, 2.24) is 0 Å². The largest absolute Gasteiger partial charge is 0.477 e. The molecule has 0 aliphatic carbocycles. The summed E-state index contributed by atoms with van der Waals surface area (Å²) < 4.78 is 10.6. The van der Waals surface area contributed by atoms with Gasteiger partial charge in [0.25, 0.3) is 0 Å². The van der Waals surface area contributed by atoms with E-state index in [0.717, 1.165) is 5.75 Å². The fourth-order valence-electron chi connectivity index (χ4n) is 1.04. The van der Waals surface area contributed by atoms with Crippen molar-refractivity contribution in [2.45, 2.75) is 26.4 Å². The molecule has 0 spiro atoms. The molecule has 0 bridgehead atoms. The van der Waals surface area contributed by atoms with Crippen LogP contribution >= 0.6 is 8.81 Å². The van der Waals surface area contributed by atoms with Crippen LogP contribution in [0.4, 0.5) is 0 Å². The molecule has 0 aliphatic heterocycles. The Morgan fingerprint density at radius 1 is 1.25 bits per heavy atom. The Morgan fingerprint density at radius 3 is 2.44 bits per heavy atom. The number of hydrogen-bond acceptors (Lipinski definition) is 3. The van der Waals surface area contributed by atoms with Gasteiger partial charge in [0.1, 0.15) is 11.4 Å². The smallest absolute Gasteiger partial charge is 0.313 e. The summed E-state index contributed by atoms with van der Waals surface area (Å²) in [5.74, 6) is 0.561. The van der Waals surface area contributed by atoms with E-state index >= 15 is 0 Å². The quantitative estimate of drug-likeness (QED) is 0.599. The lowest BCUT2D eigenvalue weighted by Crippen LogP contribution is -2.24. The number of para-hydroxylation sites is 1. The summed E-state index contributed by atoms with van der Waals surface area (Å²) in [6.45, 7) is 5.56. The van der Waals surface area contributed by atoms with Gasteiger partial charge in [-0.1, -0.05) is 18.2 Å². The highest BCUT2D eigenvalue weighted by Gasteiger charge is 2.15. The van der Waals surface area contributed by atoms with Crippen molar-refractivity contribution in [2.75, 3.05) is 6.16 Å². The predicted molar refractivity (Wildman–Crippen MR) is 66.1 cm³/mol. The van der Waals surface area contributed by atoms with Gasteiger partial charge in [-0.3, -0.25) is 4.79 Å². The molecule has 1 atom stereocenters. The number of ether oxygens (including phenoxy) is 1. The summed E-state index contributed by atoms with van der Waals surface area (Å²) in [7, 11) is 0.101. The maximum Gasteiger partial charge on any atom is 0.313 e. The van der Waals surface area contributed by atoms with Crippen LogP contribution in [0.2, 0.25) is 0 Å². The lowest BCUT2D eigenvalue weighted by atomic mass is 10.2. The maximum atomic E-state index is 11.4. The Balaban J connectivity index is 2.24. The normalized spacial score (nSPS) is 11.7. The van der Waals surface area contributed by atoms with Crippen LogP contribution in [0.5, 0.6) is 5.75 Å². The number of hydrogen-bond donors (Lipinski definition) is 0. The summed E-state index contributed by atoms with van der Waals surface area (Å²) in [5, 5.41) is 0. The third-order valence-electron chi connectivity index (χ3n) is 1.57. The van der Waals surface area contributed by atoms with E-state index < -0.39 is 5.60 Å². The van der Waals surface area contributed by atoms with E-state index in [1.807, 2.05) is 51.1 Å². The number of rotatable bonds is 4. The molecule has 0 fully saturated rings. The number of carbonyl (C=O) groups excluding carboxylic acids is 1. The van der Waals surface area contributed by atoms with E-state index in [1.54, 1.807) is 0 Å². The average Bonchev–Trinajstić information content (AvgIpc) is 2.16. The van der Waals surface area contributed by atoms with Crippen LogP contribution in [-0.4, -0.2) is 17.7 Å². The minimum atomic E-state index is -0.422. The lowest BCUT2D eigenvalue weighted by Gasteiger charge is -2.19. The van der Waals surface area contributed by atoms with Crippen LogP contribution in [0.3, 0.4) is 0 Å². The zero-order chi connectivity index (χ0) is 12.0. The second-order valence-corrected chi connectivity index (χ2v) is 5.17. The van der Waals surface area contributed by atoms with Gasteiger partial charge in [-0.05, 0) is 32.9 Å². The molecule has 4 heteroatoms. The predicted octanol–water partition coefficient (Wildman–Crippen LogP) is 3.00. The summed E-state index contributed by atoms with van der Waals surface area (Å²) in [5.41, 5.74) is -0.422. The molecule has 3 nitrogen and oxygen atoms in total. The highest BCUT2D eigenvalue weighted by molar-refractivity contribution is 7.34. The second-order valence-electron chi connectivity index (χ2n) is 4.32. The fourth-order valence-corrected chi connectivity index (χ4v) is 1.61. The fraction of sp³-hybridized carbons (Fsp3) is 0.417. The molecule has 0 radical (unpaired) electrons. The van der Waals surface area contributed by atoms with Gasteiger partial charge in [-0.25, -0.2) is 0 Å². The van der Waals surface area contributed by atoms with E-state index in [0.29, 0.717) is 6.16 Å². The van der Waals surface area contributed by atoms with Gasteiger partial charge in [-0.2, -0.15) is 0 Å². The van der Waals surface area contributed by atoms with Crippen molar-refractivity contribution >= 4 is 14.8 Å². The first-order valence-corrected chi connectivity index (χ1v) is 6.25. The van der Waals surface area contributed by atoms with Crippen molar-refractivity contribution in [3.63, 3.8) is 0 Å².